The Bertz CT molecular complexity index is 1030. The van der Waals surface area contributed by atoms with E-state index in [9.17, 15) is 14.4 Å². The molecule has 3 atom stereocenters. The largest absolute Gasteiger partial charge is 0.381 e. The first-order valence-corrected chi connectivity index (χ1v) is 10.4. The molecule has 0 spiro atoms. The van der Waals surface area contributed by atoms with Crippen molar-refractivity contribution in [2.24, 2.45) is 5.73 Å². The highest BCUT2D eigenvalue weighted by atomic mass is 16.2. The highest BCUT2D eigenvalue weighted by Crippen LogP contribution is 2.39. The molecule has 2 aromatic carbocycles. The van der Waals surface area contributed by atoms with Gasteiger partial charge in [0.25, 0.3) is 5.91 Å². The predicted molar refractivity (Wildman–Crippen MR) is 112 cm³/mol. The first-order valence-electron chi connectivity index (χ1n) is 10.4. The van der Waals surface area contributed by atoms with Crippen LogP contribution in [0.5, 0.6) is 0 Å². The Balaban J connectivity index is 1.29. The SMILES string of the molecule is N[C@@H]1C[C@H]1c1ccc(NCc2cccc3c2CN(C2CCC(=O)NC2=O)C3=O)cc1. The van der Waals surface area contributed by atoms with Gasteiger partial charge in [-0.05, 0) is 47.7 Å². The Kier molecular flexibility index (Phi) is 4.55. The number of nitrogens with zero attached hydrogens (tertiary/aromatic N) is 1. The summed E-state index contributed by atoms with van der Waals surface area (Å²) in [6, 6.07) is 13.7. The first-order chi connectivity index (χ1) is 14.5. The molecule has 7 nitrogen and oxygen atoms in total. The molecular formula is C23H24N4O3. The van der Waals surface area contributed by atoms with Crippen LogP contribution in [0.15, 0.2) is 42.5 Å². The van der Waals surface area contributed by atoms with Gasteiger partial charge in [0.1, 0.15) is 6.04 Å². The fourth-order valence-electron chi connectivity index (χ4n) is 4.46. The van der Waals surface area contributed by atoms with Crippen LogP contribution >= 0.6 is 0 Å². The van der Waals surface area contributed by atoms with Gasteiger partial charge in [-0.1, -0.05) is 24.3 Å². The van der Waals surface area contributed by atoms with Crippen LogP contribution in [0.3, 0.4) is 0 Å². The molecule has 1 saturated heterocycles. The van der Waals surface area contributed by atoms with Crippen LogP contribution in [-0.4, -0.2) is 34.7 Å². The molecule has 3 aliphatic rings. The lowest BCUT2D eigenvalue weighted by Gasteiger charge is -2.29. The van der Waals surface area contributed by atoms with Crippen LogP contribution in [0.1, 0.15) is 52.2 Å². The molecule has 2 fully saturated rings. The second-order valence-electron chi connectivity index (χ2n) is 8.32. The second-order valence-corrected chi connectivity index (χ2v) is 8.32. The lowest BCUT2D eigenvalue weighted by molar-refractivity contribution is -0.136. The Hall–Kier alpha value is -3.19. The number of anilines is 1. The normalized spacial score (nSPS) is 25.2. The van der Waals surface area contributed by atoms with Crippen molar-refractivity contribution in [2.75, 3.05) is 5.32 Å². The number of nitrogens with two attached hydrogens (primary N) is 1. The third kappa shape index (κ3) is 3.35. The summed E-state index contributed by atoms with van der Waals surface area (Å²) < 4.78 is 0. The van der Waals surface area contributed by atoms with Crippen LogP contribution in [0.4, 0.5) is 5.69 Å². The number of rotatable bonds is 5. The van der Waals surface area contributed by atoms with Crippen molar-refractivity contribution in [2.45, 2.75) is 50.4 Å². The van der Waals surface area contributed by atoms with E-state index in [0.717, 1.165) is 23.2 Å². The molecule has 2 heterocycles. The number of fused-ring (bicyclic) bond motifs is 1. The molecule has 4 N–H and O–H groups in total. The summed E-state index contributed by atoms with van der Waals surface area (Å²) in [5.74, 6) is -0.324. The minimum Gasteiger partial charge on any atom is -0.381 e. The van der Waals surface area contributed by atoms with E-state index in [2.05, 4.69) is 34.9 Å². The molecule has 1 saturated carbocycles. The Morgan fingerprint density at radius 3 is 2.57 bits per heavy atom. The molecule has 30 heavy (non-hydrogen) atoms. The van der Waals surface area contributed by atoms with Gasteiger partial charge in [0, 0.05) is 42.7 Å². The first kappa shape index (κ1) is 18.8. The Morgan fingerprint density at radius 2 is 1.87 bits per heavy atom. The molecule has 1 aliphatic carbocycles. The molecular weight excluding hydrogens is 380 g/mol. The van der Waals surface area contributed by atoms with Gasteiger partial charge in [-0.25, -0.2) is 0 Å². The standard InChI is InChI=1S/C23H24N4O3/c24-19-10-17(19)13-4-6-15(7-5-13)25-11-14-2-1-3-16-18(14)12-27(23(16)30)20-8-9-21(28)26-22(20)29/h1-7,17,19-20,25H,8-12,24H2,(H,26,28,29)/t17-,19+,20?/m0/s1. The van der Waals surface area contributed by atoms with E-state index in [1.165, 1.54) is 5.56 Å². The predicted octanol–water partition coefficient (Wildman–Crippen LogP) is 1.87. The van der Waals surface area contributed by atoms with E-state index in [4.69, 9.17) is 5.73 Å². The van der Waals surface area contributed by atoms with E-state index in [1.807, 2.05) is 12.1 Å². The van der Waals surface area contributed by atoms with Crippen LogP contribution in [0, 0.1) is 0 Å². The molecule has 1 unspecified atom stereocenters. The molecule has 3 amide bonds. The zero-order valence-electron chi connectivity index (χ0n) is 16.6. The smallest absolute Gasteiger partial charge is 0.255 e. The second kappa shape index (κ2) is 7.25. The lowest BCUT2D eigenvalue weighted by atomic mass is 10.0. The average molecular weight is 404 g/mol. The van der Waals surface area contributed by atoms with Gasteiger partial charge < -0.3 is 16.0 Å². The lowest BCUT2D eigenvalue weighted by Crippen LogP contribution is -2.52. The van der Waals surface area contributed by atoms with Gasteiger partial charge in [-0.3, -0.25) is 19.7 Å². The number of carbonyl (C=O) groups is 3. The highest BCUT2D eigenvalue weighted by Gasteiger charge is 2.39. The van der Waals surface area contributed by atoms with Crippen LogP contribution in [0.2, 0.25) is 0 Å². The fraction of sp³-hybridized carbons (Fsp3) is 0.348. The van der Waals surface area contributed by atoms with Crippen molar-refractivity contribution in [1.82, 2.24) is 10.2 Å². The molecule has 5 rings (SSSR count). The highest BCUT2D eigenvalue weighted by molar-refractivity contribution is 6.05. The molecule has 0 aromatic heterocycles. The van der Waals surface area contributed by atoms with Crippen molar-refractivity contribution >= 4 is 23.4 Å². The summed E-state index contributed by atoms with van der Waals surface area (Å²) in [6.45, 7) is 0.971. The van der Waals surface area contributed by atoms with Gasteiger partial charge in [0.05, 0.1) is 0 Å². The van der Waals surface area contributed by atoms with Crippen molar-refractivity contribution in [3.8, 4) is 0 Å². The summed E-state index contributed by atoms with van der Waals surface area (Å²) in [5, 5.41) is 5.77. The third-order valence-electron chi connectivity index (χ3n) is 6.34. The van der Waals surface area contributed by atoms with E-state index in [1.54, 1.807) is 11.0 Å². The van der Waals surface area contributed by atoms with Crippen molar-refractivity contribution in [3.63, 3.8) is 0 Å². The van der Waals surface area contributed by atoms with Crippen molar-refractivity contribution in [3.05, 3.63) is 64.7 Å². The molecule has 154 valence electrons. The molecule has 0 bridgehead atoms. The zero-order valence-corrected chi connectivity index (χ0v) is 16.6. The van der Waals surface area contributed by atoms with Gasteiger partial charge in [-0.15, -0.1) is 0 Å². The maximum atomic E-state index is 12.9. The van der Waals surface area contributed by atoms with Crippen molar-refractivity contribution < 1.29 is 14.4 Å². The molecule has 2 aromatic rings. The maximum Gasteiger partial charge on any atom is 0.255 e. The van der Waals surface area contributed by atoms with Crippen LogP contribution in [-0.2, 0) is 22.7 Å². The Labute approximate surface area is 174 Å². The molecule has 0 radical (unpaired) electrons. The number of benzene rings is 2. The molecule has 2 aliphatic heterocycles. The number of piperidine rings is 1. The van der Waals surface area contributed by atoms with Gasteiger partial charge in [0.2, 0.25) is 11.8 Å². The van der Waals surface area contributed by atoms with Crippen molar-refractivity contribution in [1.29, 1.82) is 0 Å². The summed E-state index contributed by atoms with van der Waals surface area (Å²) in [7, 11) is 0. The number of amides is 3. The van der Waals surface area contributed by atoms with E-state index in [-0.39, 0.29) is 24.1 Å². The zero-order chi connectivity index (χ0) is 20.8. The number of imide groups is 1. The Morgan fingerprint density at radius 1 is 1.10 bits per heavy atom. The fourth-order valence-corrected chi connectivity index (χ4v) is 4.46. The average Bonchev–Trinajstić information content (AvgIpc) is 3.38. The number of hydrogen-bond donors (Lipinski definition) is 3. The summed E-state index contributed by atoms with van der Waals surface area (Å²) in [6.07, 6.45) is 1.68. The van der Waals surface area contributed by atoms with E-state index in [0.29, 0.717) is 37.0 Å². The van der Waals surface area contributed by atoms with E-state index < -0.39 is 6.04 Å². The minimum atomic E-state index is -0.593. The van der Waals surface area contributed by atoms with Crippen LogP contribution < -0.4 is 16.4 Å². The summed E-state index contributed by atoms with van der Waals surface area (Å²) in [5.41, 5.74) is 10.8. The summed E-state index contributed by atoms with van der Waals surface area (Å²) in [4.78, 5) is 38.2. The quantitative estimate of drug-likeness (QED) is 0.660. The minimum absolute atomic E-state index is 0.147. The summed E-state index contributed by atoms with van der Waals surface area (Å²) >= 11 is 0. The number of nitrogens with one attached hydrogen (secondary N) is 2. The van der Waals surface area contributed by atoms with Gasteiger partial charge in [0.15, 0.2) is 0 Å². The number of carbonyl (C=O) groups excluding carboxylic acids is 3. The van der Waals surface area contributed by atoms with E-state index >= 15 is 0 Å². The topological polar surface area (TPSA) is 105 Å². The monoisotopic (exact) mass is 404 g/mol. The maximum absolute atomic E-state index is 12.9. The van der Waals surface area contributed by atoms with Gasteiger partial charge in [-0.2, -0.15) is 0 Å². The van der Waals surface area contributed by atoms with Crippen LogP contribution in [0.25, 0.3) is 0 Å². The third-order valence-corrected chi connectivity index (χ3v) is 6.34. The number of hydrogen-bond acceptors (Lipinski definition) is 5. The molecule has 7 heteroatoms. The van der Waals surface area contributed by atoms with Gasteiger partial charge >= 0.3 is 0 Å².